The Morgan fingerprint density at radius 1 is 1.26 bits per heavy atom. The quantitative estimate of drug-likeness (QED) is 0.919. The van der Waals surface area contributed by atoms with Gasteiger partial charge in [0.15, 0.2) is 9.84 Å². The predicted molar refractivity (Wildman–Crippen MR) is 72.0 cm³/mol. The van der Waals surface area contributed by atoms with Gasteiger partial charge in [0.05, 0.1) is 16.6 Å². The number of carboxylic acid groups (broad SMARTS) is 1. The topological polar surface area (TPSA) is 71.4 Å². The second-order valence-corrected chi connectivity index (χ2v) is 7.46. The summed E-state index contributed by atoms with van der Waals surface area (Å²) in [5.74, 6) is -1.09. The largest absolute Gasteiger partial charge is 0.481 e. The van der Waals surface area contributed by atoms with Crippen molar-refractivity contribution >= 4 is 15.8 Å². The maximum Gasteiger partial charge on any atom is 0.304 e. The Labute approximate surface area is 113 Å². The highest BCUT2D eigenvalue weighted by molar-refractivity contribution is 7.92. The van der Waals surface area contributed by atoms with E-state index >= 15 is 0 Å². The first kappa shape index (κ1) is 14.1. The molecule has 0 aliphatic heterocycles. The molecule has 1 unspecified atom stereocenters. The minimum Gasteiger partial charge on any atom is -0.481 e. The number of carbonyl (C=O) groups is 1. The summed E-state index contributed by atoms with van der Waals surface area (Å²) in [6.45, 7) is 1.45. The van der Waals surface area contributed by atoms with Gasteiger partial charge in [-0.3, -0.25) is 4.79 Å². The van der Waals surface area contributed by atoms with E-state index < -0.39 is 21.1 Å². The Bertz CT molecular complexity index is 589. The molecule has 1 N–H and O–H groups in total. The van der Waals surface area contributed by atoms with Crippen LogP contribution in [0.25, 0.3) is 0 Å². The van der Waals surface area contributed by atoms with Gasteiger partial charge in [-0.2, -0.15) is 0 Å². The van der Waals surface area contributed by atoms with E-state index in [1.807, 2.05) is 6.07 Å². The zero-order chi connectivity index (χ0) is 14.0. The molecule has 1 aromatic rings. The Morgan fingerprint density at radius 3 is 2.53 bits per heavy atom. The number of aliphatic carboxylic acids is 1. The Hall–Kier alpha value is -1.36. The summed E-state index contributed by atoms with van der Waals surface area (Å²) in [5, 5.41) is 7.83. The number of aryl methyl sites for hydroxylation is 2. The maximum absolute atomic E-state index is 12.3. The zero-order valence-electron chi connectivity index (χ0n) is 10.9. The van der Waals surface area contributed by atoms with Crippen LogP contribution in [0, 0.1) is 0 Å². The summed E-state index contributed by atoms with van der Waals surface area (Å²) >= 11 is 0. The first-order chi connectivity index (χ1) is 8.91. The van der Waals surface area contributed by atoms with E-state index in [0.717, 1.165) is 31.2 Å². The Morgan fingerprint density at radius 2 is 1.89 bits per heavy atom. The lowest BCUT2D eigenvalue weighted by atomic mass is 9.92. The van der Waals surface area contributed by atoms with Gasteiger partial charge in [0.2, 0.25) is 0 Å². The van der Waals surface area contributed by atoms with E-state index in [-0.39, 0.29) is 11.3 Å². The average Bonchev–Trinajstić information content (AvgIpc) is 2.37. The van der Waals surface area contributed by atoms with Gasteiger partial charge >= 0.3 is 5.97 Å². The van der Waals surface area contributed by atoms with Crippen LogP contribution in [0.15, 0.2) is 23.1 Å². The molecule has 0 saturated carbocycles. The summed E-state index contributed by atoms with van der Waals surface area (Å²) in [5.41, 5.74) is 2.31. The minimum atomic E-state index is -3.55. The van der Waals surface area contributed by atoms with Crippen LogP contribution in [-0.2, 0) is 27.5 Å². The zero-order valence-corrected chi connectivity index (χ0v) is 11.7. The second kappa shape index (κ2) is 5.33. The van der Waals surface area contributed by atoms with Crippen molar-refractivity contribution in [3.63, 3.8) is 0 Å². The van der Waals surface area contributed by atoms with Crippen LogP contribution in [0.3, 0.4) is 0 Å². The highest BCUT2D eigenvalue weighted by atomic mass is 32.2. The van der Waals surface area contributed by atoms with E-state index in [2.05, 4.69) is 0 Å². The molecule has 0 radical (unpaired) electrons. The van der Waals surface area contributed by atoms with E-state index in [0.29, 0.717) is 0 Å². The lowest BCUT2D eigenvalue weighted by Crippen LogP contribution is -2.22. The van der Waals surface area contributed by atoms with Crippen molar-refractivity contribution in [3.8, 4) is 0 Å². The molecule has 0 bridgehead atoms. The molecule has 1 atom stereocenters. The fraction of sp³-hybridized carbons (Fsp3) is 0.500. The third kappa shape index (κ3) is 2.97. The fourth-order valence-electron chi connectivity index (χ4n) is 2.47. The second-order valence-electron chi connectivity index (χ2n) is 5.09. The van der Waals surface area contributed by atoms with Crippen LogP contribution in [0.1, 0.15) is 37.3 Å². The summed E-state index contributed by atoms with van der Waals surface area (Å²) in [4.78, 5) is 10.9. The SMILES string of the molecule is CC(CC(=O)O)S(=O)(=O)c1ccc2c(c1)CCCC2. The van der Waals surface area contributed by atoms with E-state index in [1.54, 1.807) is 12.1 Å². The monoisotopic (exact) mass is 282 g/mol. The average molecular weight is 282 g/mol. The van der Waals surface area contributed by atoms with Crippen molar-refractivity contribution in [1.82, 2.24) is 0 Å². The lowest BCUT2D eigenvalue weighted by molar-refractivity contribution is -0.136. The standard InChI is InChI=1S/C14H18O4S/c1-10(8-14(15)16)19(17,18)13-7-6-11-4-2-3-5-12(11)9-13/h6-7,9-10H,2-5,8H2,1H3,(H,15,16). The lowest BCUT2D eigenvalue weighted by Gasteiger charge is -2.18. The molecule has 0 saturated heterocycles. The predicted octanol–water partition coefficient (Wildman–Crippen LogP) is 2.20. The normalized spacial score (nSPS) is 16.7. The molecule has 0 aromatic heterocycles. The number of benzene rings is 1. The molecule has 0 fully saturated rings. The number of sulfone groups is 1. The number of rotatable bonds is 4. The van der Waals surface area contributed by atoms with Gasteiger partial charge in [-0.05, 0) is 55.9 Å². The van der Waals surface area contributed by atoms with Gasteiger partial charge in [0, 0.05) is 0 Å². The van der Waals surface area contributed by atoms with Crippen LogP contribution < -0.4 is 0 Å². The molecule has 2 rings (SSSR count). The molecular formula is C14H18O4S. The summed E-state index contributed by atoms with van der Waals surface area (Å²) < 4.78 is 24.6. The Balaban J connectivity index is 2.33. The van der Waals surface area contributed by atoms with Crippen molar-refractivity contribution in [3.05, 3.63) is 29.3 Å². The molecule has 19 heavy (non-hydrogen) atoms. The number of hydrogen-bond donors (Lipinski definition) is 1. The maximum atomic E-state index is 12.3. The molecule has 5 heteroatoms. The molecule has 1 aliphatic carbocycles. The van der Waals surface area contributed by atoms with Gasteiger partial charge in [0.1, 0.15) is 0 Å². The molecule has 104 valence electrons. The van der Waals surface area contributed by atoms with E-state index in [1.165, 1.54) is 12.5 Å². The third-order valence-electron chi connectivity index (χ3n) is 3.64. The Kier molecular flexibility index (Phi) is 3.94. The molecule has 4 nitrogen and oxygen atoms in total. The van der Waals surface area contributed by atoms with Gasteiger partial charge in [-0.15, -0.1) is 0 Å². The molecule has 0 heterocycles. The highest BCUT2D eigenvalue weighted by Crippen LogP contribution is 2.26. The number of carboxylic acids is 1. The van der Waals surface area contributed by atoms with E-state index in [9.17, 15) is 13.2 Å². The molecule has 1 aromatic carbocycles. The van der Waals surface area contributed by atoms with Crippen molar-refractivity contribution in [2.75, 3.05) is 0 Å². The highest BCUT2D eigenvalue weighted by Gasteiger charge is 2.26. The van der Waals surface area contributed by atoms with Crippen LogP contribution in [0.4, 0.5) is 0 Å². The molecule has 0 amide bonds. The molecule has 1 aliphatic rings. The van der Waals surface area contributed by atoms with Crippen molar-refractivity contribution in [2.24, 2.45) is 0 Å². The molecular weight excluding hydrogens is 264 g/mol. The smallest absolute Gasteiger partial charge is 0.304 e. The van der Waals surface area contributed by atoms with Crippen LogP contribution >= 0.6 is 0 Å². The number of fused-ring (bicyclic) bond motifs is 1. The van der Waals surface area contributed by atoms with Gasteiger partial charge in [-0.1, -0.05) is 6.07 Å². The van der Waals surface area contributed by atoms with Gasteiger partial charge in [0.25, 0.3) is 0 Å². The first-order valence-corrected chi connectivity index (χ1v) is 8.03. The van der Waals surface area contributed by atoms with Crippen molar-refractivity contribution in [1.29, 1.82) is 0 Å². The summed E-state index contributed by atoms with van der Waals surface area (Å²) in [6.07, 6.45) is 3.78. The minimum absolute atomic E-state index is 0.252. The van der Waals surface area contributed by atoms with Crippen LogP contribution in [-0.4, -0.2) is 24.7 Å². The van der Waals surface area contributed by atoms with Gasteiger partial charge < -0.3 is 5.11 Å². The third-order valence-corrected chi connectivity index (χ3v) is 5.78. The van der Waals surface area contributed by atoms with E-state index in [4.69, 9.17) is 5.11 Å². The summed E-state index contributed by atoms with van der Waals surface area (Å²) in [7, 11) is -3.55. The van der Waals surface area contributed by atoms with Crippen LogP contribution in [0.2, 0.25) is 0 Å². The van der Waals surface area contributed by atoms with Crippen molar-refractivity contribution in [2.45, 2.75) is 49.2 Å². The number of hydrogen-bond acceptors (Lipinski definition) is 3. The summed E-state index contributed by atoms with van der Waals surface area (Å²) in [6, 6.07) is 5.20. The fourth-order valence-corrected chi connectivity index (χ4v) is 3.87. The first-order valence-electron chi connectivity index (χ1n) is 6.49. The van der Waals surface area contributed by atoms with Gasteiger partial charge in [-0.25, -0.2) is 8.42 Å². The van der Waals surface area contributed by atoms with Crippen molar-refractivity contribution < 1.29 is 18.3 Å². The molecule has 0 spiro atoms. The van der Waals surface area contributed by atoms with Crippen LogP contribution in [0.5, 0.6) is 0 Å².